The van der Waals surface area contributed by atoms with Gasteiger partial charge in [-0.2, -0.15) is 0 Å². The molecule has 0 radical (unpaired) electrons. The zero-order chi connectivity index (χ0) is 45.6. The van der Waals surface area contributed by atoms with Gasteiger partial charge in [0.25, 0.3) is 0 Å². The second-order valence-corrected chi connectivity index (χ2v) is 17.3. The summed E-state index contributed by atoms with van der Waals surface area (Å²) in [5, 5.41) is 20.7. The first kappa shape index (κ1) is 55.6. The Morgan fingerprint density at radius 3 is 1.68 bits per heavy atom. The van der Waals surface area contributed by atoms with Crippen molar-refractivity contribution in [3.05, 3.63) is 36.0 Å². The minimum absolute atomic E-state index is 0.0253. The van der Waals surface area contributed by atoms with E-state index in [0.717, 1.165) is 29.4 Å². The molecule has 0 aliphatic carbocycles. The maximum absolute atomic E-state index is 13.0. The highest BCUT2D eigenvalue weighted by molar-refractivity contribution is 5.88. The summed E-state index contributed by atoms with van der Waals surface area (Å²) < 4.78 is 13.2. The Labute approximate surface area is 380 Å². The molecule has 13 heteroatoms. The number of carboxylic acid groups (broad SMARTS) is 1. The van der Waals surface area contributed by atoms with Crippen molar-refractivity contribution in [1.29, 1.82) is 0 Å². The van der Waals surface area contributed by atoms with Gasteiger partial charge in [-0.1, -0.05) is 160 Å². The first-order valence-electron chi connectivity index (χ1n) is 24.9. The van der Waals surface area contributed by atoms with E-state index in [1.807, 2.05) is 43.4 Å². The van der Waals surface area contributed by atoms with Gasteiger partial charge in [0.15, 0.2) is 0 Å². The number of benzene rings is 1. The molecule has 1 heterocycles. The molecule has 1 aromatic heterocycles. The van der Waals surface area contributed by atoms with Crippen molar-refractivity contribution in [3.8, 4) is 0 Å². The highest BCUT2D eigenvalue weighted by atomic mass is 16.5. The van der Waals surface area contributed by atoms with Gasteiger partial charge >= 0.3 is 5.97 Å². The number of rotatable bonds is 43. The Kier molecular flexibility index (Phi) is 33.4. The van der Waals surface area contributed by atoms with E-state index in [9.17, 15) is 24.3 Å². The van der Waals surface area contributed by atoms with Crippen LogP contribution in [0, 0.1) is 0 Å². The smallest absolute Gasteiger partial charge is 0.303 e. The number of nitrogens with zero attached hydrogens (tertiary/aromatic N) is 2. The van der Waals surface area contributed by atoms with Gasteiger partial charge in [0.2, 0.25) is 17.7 Å². The summed E-state index contributed by atoms with van der Waals surface area (Å²) in [4.78, 5) is 49.5. The lowest BCUT2D eigenvalue weighted by molar-refractivity contribution is -0.138. The molecule has 0 spiro atoms. The molecule has 2 rings (SSSR count). The lowest BCUT2D eigenvalue weighted by Gasteiger charge is -2.19. The number of hydrogen-bond acceptors (Lipinski definition) is 8. The highest BCUT2D eigenvalue weighted by Crippen LogP contribution is 2.21. The number of carboxylic acids is 1. The van der Waals surface area contributed by atoms with E-state index in [2.05, 4.69) is 38.9 Å². The van der Waals surface area contributed by atoms with Gasteiger partial charge in [-0.05, 0) is 37.4 Å². The third-order valence-corrected chi connectivity index (χ3v) is 11.8. The number of amides is 3. The minimum atomic E-state index is -1.04. The van der Waals surface area contributed by atoms with Gasteiger partial charge in [0, 0.05) is 57.2 Å². The fourth-order valence-corrected chi connectivity index (χ4v) is 7.94. The van der Waals surface area contributed by atoms with E-state index in [4.69, 9.17) is 9.47 Å². The average Bonchev–Trinajstić information content (AvgIpc) is 3.62. The second kappa shape index (κ2) is 37.8. The lowest BCUT2D eigenvalue weighted by atomic mass is 10.0. The summed E-state index contributed by atoms with van der Waals surface area (Å²) in [7, 11) is 3.78. The van der Waals surface area contributed by atoms with Crippen molar-refractivity contribution in [3.63, 3.8) is 0 Å². The minimum Gasteiger partial charge on any atom is -0.481 e. The lowest BCUT2D eigenvalue weighted by Crippen LogP contribution is -2.47. The average molecular weight is 885 g/mol. The monoisotopic (exact) mass is 885 g/mol. The number of hydrogen-bond donors (Lipinski definition) is 5. The van der Waals surface area contributed by atoms with Gasteiger partial charge in [0.05, 0.1) is 33.0 Å². The molecular formula is C50H88N6O7. The van der Waals surface area contributed by atoms with Crippen molar-refractivity contribution >= 4 is 34.6 Å². The zero-order valence-electron chi connectivity index (χ0n) is 39.8. The van der Waals surface area contributed by atoms with Gasteiger partial charge in [0.1, 0.15) is 6.04 Å². The van der Waals surface area contributed by atoms with E-state index >= 15 is 0 Å². The summed E-state index contributed by atoms with van der Waals surface area (Å²) >= 11 is 0. The molecule has 0 unspecified atom stereocenters. The van der Waals surface area contributed by atoms with Crippen LogP contribution in [0.3, 0.4) is 0 Å². The number of nitrogens with one attached hydrogen (secondary N) is 4. The van der Waals surface area contributed by atoms with Crippen LogP contribution in [-0.2, 0) is 41.7 Å². The van der Waals surface area contributed by atoms with E-state index in [0.29, 0.717) is 45.9 Å². The number of unbranched alkanes of at least 4 members (excludes halogenated alkanes) is 21. The van der Waals surface area contributed by atoms with Crippen molar-refractivity contribution in [2.24, 2.45) is 0 Å². The summed E-state index contributed by atoms with van der Waals surface area (Å²) in [5.41, 5.74) is 5.15. The highest BCUT2D eigenvalue weighted by Gasteiger charge is 2.22. The van der Waals surface area contributed by atoms with Gasteiger partial charge in [-0.3, -0.25) is 24.6 Å². The molecule has 63 heavy (non-hydrogen) atoms. The quantitative estimate of drug-likeness (QED) is 0.0323. The molecule has 0 bridgehead atoms. The fourth-order valence-electron chi connectivity index (χ4n) is 7.94. The van der Waals surface area contributed by atoms with Crippen LogP contribution in [0.25, 0.3) is 10.9 Å². The van der Waals surface area contributed by atoms with Crippen LogP contribution >= 0.6 is 0 Å². The van der Waals surface area contributed by atoms with E-state index in [1.54, 1.807) is 0 Å². The number of aliphatic carboxylic acids is 1. The third-order valence-electron chi connectivity index (χ3n) is 11.8. The normalized spacial score (nSPS) is 11.9. The number of ether oxygens (including phenoxy) is 2. The number of carbonyl (C=O) groups excluding carboxylic acids is 3. The Morgan fingerprint density at radius 1 is 0.651 bits per heavy atom. The van der Waals surface area contributed by atoms with Gasteiger partial charge < -0.3 is 35.1 Å². The number of hydrazine groups is 1. The molecule has 0 saturated carbocycles. The number of aryl methyl sites for hydroxylation is 1. The summed E-state index contributed by atoms with van der Waals surface area (Å²) in [6.07, 6.45) is 30.1. The van der Waals surface area contributed by atoms with E-state index in [-0.39, 0.29) is 44.2 Å². The van der Waals surface area contributed by atoms with Crippen molar-refractivity contribution in [2.75, 3.05) is 53.6 Å². The maximum Gasteiger partial charge on any atom is 0.303 e. The predicted octanol–water partition coefficient (Wildman–Crippen LogP) is 9.21. The topological polar surface area (TPSA) is 163 Å². The molecule has 0 saturated heterocycles. The molecule has 0 fully saturated rings. The van der Waals surface area contributed by atoms with Crippen LogP contribution in [0.1, 0.15) is 180 Å². The molecular weight excluding hydrogens is 797 g/mol. The third kappa shape index (κ3) is 28.8. The first-order valence-corrected chi connectivity index (χ1v) is 24.9. The number of fused-ring (bicyclic) bond motifs is 1. The van der Waals surface area contributed by atoms with E-state index in [1.165, 1.54) is 128 Å². The molecule has 3 amide bonds. The van der Waals surface area contributed by atoms with Crippen LogP contribution in [0.2, 0.25) is 0 Å². The molecule has 0 aliphatic heterocycles. The Balaban J connectivity index is 1.41. The Bertz CT molecular complexity index is 1490. The fraction of sp³-hybridized carbons (Fsp3) is 0.760. The summed E-state index contributed by atoms with van der Waals surface area (Å²) in [5.74, 6) is -1.77. The molecule has 1 aromatic carbocycles. The maximum atomic E-state index is 13.0. The standard InChI is InChI=1S/C50H88N6O7/c1-4-5-6-7-8-9-10-11-12-13-14-15-16-17-18-19-20-21-22-23-24-25-30-47(57)52-34-37-62-39-40-63-38-35-53-50(61)45(31-32-49(59)60)54-48(58)33-36-56-44(42-55(3)51-2)41-43-28-26-27-29-46(43)56/h26-29,41,45,51H,4-25,30-40,42H2,1-3H3,(H,52,57)(H,53,61)(H,54,58)(H,59,60)/t45-/m0/s1. The molecule has 0 aliphatic rings. The first-order chi connectivity index (χ1) is 30.7. The Morgan fingerprint density at radius 2 is 1.16 bits per heavy atom. The molecule has 5 N–H and O–H groups in total. The van der Waals surface area contributed by atoms with Gasteiger partial charge in [-0.15, -0.1) is 0 Å². The number of aromatic nitrogens is 1. The summed E-state index contributed by atoms with van der Waals surface area (Å²) in [6.45, 7) is 5.27. The molecule has 1 atom stereocenters. The second-order valence-electron chi connectivity index (χ2n) is 17.3. The van der Waals surface area contributed by atoms with Crippen LogP contribution in [0.5, 0.6) is 0 Å². The van der Waals surface area contributed by atoms with Crippen molar-refractivity contribution in [1.82, 2.24) is 31.0 Å². The Hall–Kier alpha value is -3.52. The van der Waals surface area contributed by atoms with E-state index < -0.39 is 17.9 Å². The summed E-state index contributed by atoms with van der Waals surface area (Å²) in [6, 6.07) is 9.10. The van der Waals surface area contributed by atoms with Crippen molar-refractivity contribution in [2.45, 2.75) is 193 Å². The number of carbonyl (C=O) groups is 4. The molecule has 360 valence electrons. The van der Waals surface area contributed by atoms with Gasteiger partial charge in [-0.25, -0.2) is 5.01 Å². The van der Waals surface area contributed by atoms with Crippen molar-refractivity contribution < 1.29 is 33.8 Å². The van der Waals surface area contributed by atoms with Crippen LogP contribution < -0.4 is 21.4 Å². The zero-order valence-corrected chi connectivity index (χ0v) is 39.8. The van der Waals surface area contributed by atoms with Crippen LogP contribution in [-0.4, -0.2) is 98.0 Å². The molecule has 13 nitrogen and oxygen atoms in total. The van der Waals surface area contributed by atoms with Crippen LogP contribution in [0.15, 0.2) is 30.3 Å². The van der Waals surface area contributed by atoms with Crippen LogP contribution in [0.4, 0.5) is 0 Å². The SMILES string of the molecule is CCCCCCCCCCCCCCCCCCCCCCCCC(=O)NCCOCCOCCNC(=O)[C@H](CCC(=O)O)NC(=O)CCn1c(CN(C)NC)cc2ccccc21. The molecule has 2 aromatic rings. The number of para-hydroxylation sites is 1. The largest absolute Gasteiger partial charge is 0.481 e. The predicted molar refractivity (Wildman–Crippen MR) is 255 cm³/mol.